The van der Waals surface area contributed by atoms with E-state index in [1.807, 2.05) is 0 Å². The Balaban J connectivity index is 2.68. The second-order valence-corrected chi connectivity index (χ2v) is 4.98. The van der Waals surface area contributed by atoms with Crippen molar-refractivity contribution in [3.63, 3.8) is 0 Å². The van der Waals surface area contributed by atoms with Crippen LogP contribution < -0.4 is 9.47 Å². The molecule has 0 fully saturated rings. The van der Waals surface area contributed by atoms with Gasteiger partial charge in [-0.05, 0) is 23.7 Å². The van der Waals surface area contributed by atoms with E-state index in [9.17, 15) is 0 Å². The molecule has 2 rings (SSSR count). The minimum atomic E-state index is 0.351. The summed E-state index contributed by atoms with van der Waals surface area (Å²) < 4.78 is 10.9. The summed E-state index contributed by atoms with van der Waals surface area (Å²) in [4.78, 5) is 0. The largest absolute Gasteiger partial charge is 0.496 e. The number of halogens is 2. The van der Waals surface area contributed by atoms with Crippen molar-refractivity contribution in [2.24, 2.45) is 0 Å². The van der Waals surface area contributed by atoms with Crippen LogP contribution in [-0.4, -0.2) is 24.4 Å². The highest BCUT2D eigenvalue weighted by molar-refractivity contribution is 7.18. The van der Waals surface area contributed by atoms with Crippen molar-refractivity contribution in [3.05, 3.63) is 21.6 Å². The van der Waals surface area contributed by atoms with Crippen LogP contribution >= 0.6 is 34.5 Å². The second kappa shape index (κ2) is 5.08. The molecule has 0 amide bonds. The van der Waals surface area contributed by atoms with E-state index < -0.39 is 0 Å². The van der Waals surface area contributed by atoms with E-state index >= 15 is 0 Å². The number of aromatic nitrogens is 2. The predicted octanol–water partition coefficient (Wildman–Crippen LogP) is 3.53. The van der Waals surface area contributed by atoms with Gasteiger partial charge in [0.2, 0.25) is 4.47 Å². The Hall–Kier alpha value is -1.04. The summed E-state index contributed by atoms with van der Waals surface area (Å²) in [6.45, 7) is 0. The maximum atomic E-state index is 6.06. The summed E-state index contributed by atoms with van der Waals surface area (Å²) in [6, 6.07) is 3.45. The van der Waals surface area contributed by atoms with Crippen molar-refractivity contribution in [1.82, 2.24) is 10.2 Å². The molecule has 0 radical (unpaired) electrons. The van der Waals surface area contributed by atoms with Gasteiger partial charge in [0.15, 0.2) is 10.8 Å². The van der Waals surface area contributed by atoms with Crippen LogP contribution in [0.25, 0.3) is 10.6 Å². The van der Waals surface area contributed by atoms with Crippen molar-refractivity contribution in [3.8, 4) is 22.1 Å². The van der Waals surface area contributed by atoms with Gasteiger partial charge in [-0.3, -0.25) is 0 Å². The molecule has 0 unspecified atom stereocenters. The van der Waals surface area contributed by atoms with Crippen molar-refractivity contribution in [2.75, 3.05) is 14.2 Å². The molecule has 0 saturated heterocycles. The third-order valence-corrected chi connectivity index (χ3v) is 3.44. The van der Waals surface area contributed by atoms with Gasteiger partial charge in [0.05, 0.1) is 24.8 Å². The first-order valence-electron chi connectivity index (χ1n) is 4.57. The van der Waals surface area contributed by atoms with E-state index in [2.05, 4.69) is 10.2 Å². The van der Waals surface area contributed by atoms with Crippen molar-refractivity contribution in [1.29, 1.82) is 0 Å². The molecule has 4 nitrogen and oxygen atoms in total. The fraction of sp³-hybridized carbons (Fsp3) is 0.200. The standard InChI is InChI=1S/C10H8Cl2N2O2S/c1-15-6-4-3-5(11)8(16-2)7(6)9-13-14-10(12)17-9/h3-4H,1-2H3. The lowest BCUT2D eigenvalue weighted by Gasteiger charge is -2.11. The van der Waals surface area contributed by atoms with Crippen LogP contribution in [0, 0.1) is 0 Å². The number of nitrogens with zero attached hydrogens (tertiary/aromatic N) is 2. The lowest BCUT2D eigenvalue weighted by atomic mass is 10.2. The summed E-state index contributed by atoms with van der Waals surface area (Å²) >= 11 is 13.1. The van der Waals surface area contributed by atoms with Crippen molar-refractivity contribution < 1.29 is 9.47 Å². The molecule has 2 aromatic rings. The number of hydrogen-bond donors (Lipinski definition) is 0. The van der Waals surface area contributed by atoms with Gasteiger partial charge in [-0.15, -0.1) is 10.2 Å². The Labute approximate surface area is 112 Å². The van der Waals surface area contributed by atoms with Crippen LogP contribution in [0.15, 0.2) is 12.1 Å². The van der Waals surface area contributed by atoms with Gasteiger partial charge in [0.25, 0.3) is 0 Å². The van der Waals surface area contributed by atoms with E-state index in [0.717, 1.165) is 0 Å². The minimum absolute atomic E-state index is 0.351. The fourth-order valence-electron chi connectivity index (χ4n) is 1.42. The fourth-order valence-corrected chi connectivity index (χ4v) is 2.53. The van der Waals surface area contributed by atoms with E-state index in [1.165, 1.54) is 18.4 Å². The van der Waals surface area contributed by atoms with Crippen molar-refractivity contribution in [2.45, 2.75) is 0 Å². The lowest BCUT2D eigenvalue weighted by molar-refractivity contribution is 0.397. The highest BCUT2D eigenvalue weighted by Crippen LogP contribution is 2.44. The normalized spacial score (nSPS) is 10.4. The zero-order valence-electron chi connectivity index (χ0n) is 9.03. The third-order valence-electron chi connectivity index (χ3n) is 2.11. The van der Waals surface area contributed by atoms with Gasteiger partial charge in [0.1, 0.15) is 5.75 Å². The Morgan fingerprint density at radius 3 is 2.41 bits per heavy atom. The van der Waals surface area contributed by atoms with Crippen molar-refractivity contribution >= 4 is 34.5 Å². The summed E-state index contributed by atoms with van der Waals surface area (Å²) in [6.07, 6.45) is 0. The SMILES string of the molecule is COc1ccc(Cl)c(OC)c1-c1nnc(Cl)s1. The van der Waals surface area contributed by atoms with Gasteiger partial charge in [-0.2, -0.15) is 0 Å². The number of ether oxygens (including phenoxy) is 2. The first-order chi connectivity index (χ1) is 8.17. The molecule has 0 atom stereocenters. The lowest BCUT2D eigenvalue weighted by Crippen LogP contribution is -1.93. The molecule has 0 N–H and O–H groups in total. The van der Waals surface area contributed by atoms with Crippen LogP contribution in [-0.2, 0) is 0 Å². The minimum Gasteiger partial charge on any atom is -0.496 e. The molecule has 0 saturated carbocycles. The Bertz CT molecular complexity index is 545. The van der Waals surface area contributed by atoms with Crippen LogP contribution in [0.2, 0.25) is 9.49 Å². The van der Waals surface area contributed by atoms with Gasteiger partial charge >= 0.3 is 0 Å². The summed E-state index contributed by atoms with van der Waals surface area (Å²) in [5, 5.41) is 8.80. The first-order valence-corrected chi connectivity index (χ1v) is 6.14. The topological polar surface area (TPSA) is 44.2 Å². The highest BCUT2D eigenvalue weighted by atomic mass is 35.5. The molecule has 0 spiro atoms. The smallest absolute Gasteiger partial charge is 0.207 e. The Morgan fingerprint density at radius 1 is 1.12 bits per heavy atom. The quantitative estimate of drug-likeness (QED) is 0.867. The molecule has 1 heterocycles. The molecule has 0 aliphatic rings. The first kappa shape index (κ1) is 12.4. The molecule has 17 heavy (non-hydrogen) atoms. The van der Waals surface area contributed by atoms with Crippen LogP contribution in [0.1, 0.15) is 0 Å². The average Bonchev–Trinajstić information content (AvgIpc) is 2.75. The third kappa shape index (κ3) is 2.31. The van der Waals surface area contributed by atoms with Crippen LogP contribution in [0.5, 0.6) is 11.5 Å². The maximum Gasteiger partial charge on any atom is 0.207 e. The van der Waals surface area contributed by atoms with E-state index in [4.69, 9.17) is 32.7 Å². The van der Waals surface area contributed by atoms with E-state index in [-0.39, 0.29) is 0 Å². The molecule has 0 bridgehead atoms. The summed E-state index contributed by atoms with van der Waals surface area (Å²) in [5.41, 5.74) is 0.659. The Kier molecular flexibility index (Phi) is 3.71. The number of rotatable bonds is 3. The molecular formula is C10H8Cl2N2O2S. The number of benzene rings is 1. The zero-order chi connectivity index (χ0) is 12.4. The number of hydrogen-bond acceptors (Lipinski definition) is 5. The predicted molar refractivity (Wildman–Crippen MR) is 68.5 cm³/mol. The van der Waals surface area contributed by atoms with Crippen LogP contribution in [0.4, 0.5) is 0 Å². The molecule has 1 aromatic heterocycles. The Morgan fingerprint density at radius 2 is 1.88 bits per heavy atom. The molecule has 7 heteroatoms. The second-order valence-electron chi connectivity index (χ2n) is 3.02. The molecule has 1 aromatic carbocycles. The zero-order valence-corrected chi connectivity index (χ0v) is 11.4. The van der Waals surface area contributed by atoms with E-state index in [1.54, 1.807) is 19.2 Å². The van der Waals surface area contributed by atoms with Gasteiger partial charge in [-0.25, -0.2) is 0 Å². The maximum absolute atomic E-state index is 6.06. The number of methoxy groups -OCH3 is 2. The average molecular weight is 291 g/mol. The summed E-state index contributed by atoms with van der Waals surface area (Å²) in [5.74, 6) is 1.11. The summed E-state index contributed by atoms with van der Waals surface area (Å²) in [7, 11) is 3.10. The highest BCUT2D eigenvalue weighted by Gasteiger charge is 2.19. The molecule has 0 aliphatic carbocycles. The molecule has 0 aliphatic heterocycles. The van der Waals surface area contributed by atoms with Crippen LogP contribution in [0.3, 0.4) is 0 Å². The van der Waals surface area contributed by atoms with E-state index in [0.29, 0.717) is 31.6 Å². The van der Waals surface area contributed by atoms with Gasteiger partial charge in [0, 0.05) is 0 Å². The molecular weight excluding hydrogens is 283 g/mol. The van der Waals surface area contributed by atoms with Gasteiger partial charge in [-0.1, -0.05) is 22.9 Å². The van der Waals surface area contributed by atoms with Gasteiger partial charge < -0.3 is 9.47 Å². The molecule has 90 valence electrons. The monoisotopic (exact) mass is 290 g/mol.